The normalized spacial score (nSPS) is 18.6. The largest absolute Gasteiger partial charge is 0.497 e. The van der Waals surface area contributed by atoms with Gasteiger partial charge in [-0.15, -0.1) is 23.7 Å². The summed E-state index contributed by atoms with van der Waals surface area (Å²) in [6.07, 6.45) is 2.60. The van der Waals surface area contributed by atoms with E-state index < -0.39 is 6.10 Å². The predicted octanol–water partition coefficient (Wildman–Crippen LogP) is 2.62. The van der Waals surface area contributed by atoms with Gasteiger partial charge in [0.25, 0.3) is 5.91 Å². The van der Waals surface area contributed by atoms with Gasteiger partial charge in [0, 0.05) is 29.8 Å². The van der Waals surface area contributed by atoms with Crippen molar-refractivity contribution in [1.82, 2.24) is 4.98 Å². The van der Waals surface area contributed by atoms with Gasteiger partial charge in [-0.2, -0.15) is 0 Å². The number of amides is 1. The third-order valence-electron chi connectivity index (χ3n) is 4.38. The molecule has 27 heavy (non-hydrogen) atoms. The third-order valence-corrected chi connectivity index (χ3v) is 5.18. The summed E-state index contributed by atoms with van der Waals surface area (Å²) in [5, 5.41) is 2.48. The molecule has 9 heteroatoms. The van der Waals surface area contributed by atoms with Crippen molar-refractivity contribution in [3.63, 3.8) is 0 Å². The first kappa shape index (κ1) is 21.4. The highest BCUT2D eigenvalue weighted by atomic mass is 35.5. The highest BCUT2D eigenvalue weighted by molar-refractivity contribution is 7.13. The maximum atomic E-state index is 13.1. The monoisotopic (exact) mass is 413 g/mol. The fourth-order valence-corrected chi connectivity index (χ4v) is 3.62. The van der Waals surface area contributed by atoms with Gasteiger partial charge in [0.05, 0.1) is 26.9 Å². The highest BCUT2D eigenvalue weighted by Gasteiger charge is 2.34. The zero-order chi connectivity index (χ0) is 18.5. The summed E-state index contributed by atoms with van der Waals surface area (Å²) < 4.78 is 16.5. The third kappa shape index (κ3) is 4.90. The van der Waals surface area contributed by atoms with Crippen molar-refractivity contribution in [2.75, 3.05) is 25.7 Å². The van der Waals surface area contributed by atoms with Crippen LogP contribution in [0, 0.1) is 0 Å². The Morgan fingerprint density at radius 2 is 2.19 bits per heavy atom. The maximum Gasteiger partial charge on any atom is 0.258 e. The smallest absolute Gasteiger partial charge is 0.258 e. The number of halogens is 1. The molecular weight excluding hydrogens is 390 g/mol. The molecule has 1 aliphatic heterocycles. The number of rotatable bonds is 7. The average molecular weight is 414 g/mol. The van der Waals surface area contributed by atoms with Crippen molar-refractivity contribution in [2.24, 2.45) is 5.73 Å². The minimum Gasteiger partial charge on any atom is -0.497 e. The second-order valence-corrected chi connectivity index (χ2v) is 6.85. The summed E-state index contributed by atoms with van der Waals surface area (Å²) in [7, 11) is 3.20. The van der Waals surface area contributed by atoms with Crippen LogP contribution in [0.5, 0.6) is 11.5 Å². The number of carbonyl (C=O) groups is 1. The van der Waals surface area contributed by atoms with E-state index in [2.05, 4.69) is 4.98 Å². The number of nitrogens with zero attached hydrogens (tertiary/aromatic N) is 2. The van der Waals surface area contributed by atoms with Crippen molar-refractivity contribution in [3.8, 4) is 11.5 Å². The first-order chi connectivity index (χ1) is 12.7. The van der Waals surface area contributed by atoms with Gasteiger partial charge < -0.3 is 19.9 Å². The van der Waals surface area contributed by atoms with Crippen LogP contribution in [0.1, 0.15) is 18.4 Å². The molecule has 0 bridgehead atoms. The SMILES string of the molecule is COc1ccc(CN(C(=O)[C@@H]2CC[C@H](CN)O2)c2nccs2)c(OC)c1.Cl. The zero-order valence-corrected chi connectivity index (χ0v) is 16.9. The summed E-state index contributed by atoms with van der Waals surface area (Å²) in [4.78, 5) is 19.1. The van der Waals surface area contributed by atoms with Gasteiger partial charge in [-0.25, -0.2) is 4.98 Å². The molecule has 2 atom stereocenters. The Kier molecular flexibility index (Phi) is 7.85. The minimum atomic E-state index is -0.489. The molecule has 0 radical (unpaired) electrons. The number of aromatic nitrogens is 1. The van der Waals surface area contributed by atoms with Crippen LogP contribution < -0.4 is 20.1 Å². The molecule has 2 N–H and O–H groups in total. The van der Waals surface area contributed by atoms with Crippen molar-refractivity contribution in [2.45, 2.75) is 31.6 Å². The molecule has 148 valence electrons. The van der Waals surface area contributed by atoms with Gasteiger partial charge in [0.2, 0.25) is 0 Å². The number of anilines is 1. The Hall–Kier alpha value is -1.87. The van der Waals surface area contributed by atoms with Crippen molar-refractivity contribution >= 4 is 34.8 Å². The molecule has 3 rings (SSSR count). The quantitative estimate of drug-likeness (QED) is 0.750. The molecule has 0 unspecified atom stereocenters. The number of benzene rings is 1. The number of nitrogens with two attached hydrogens (primary N) is 1. The number of methoxy groups -OCH3 is 2. The fourth-order valence-electron chi connectivity index (χ4n) is 2.98. The lowest BCUT2D eigenvalue weighted by Crippen LogP contribution is -2.39. The van der Waals surface area contributed by atoms with Gasteiger partial charge in [-0.05, 0) is 25.0 Å². The van der Waals surface area contributed by atoms with Crippen LogP contribution in [0.4, 0.5) is 5.13 Å². The van der Waals surface area contributed by atoms with E-state index in [4.69, 9.17) is 19.9 Å². The lowest BCUT2D eigenvalue weighted by molar-refractivity contribution is -0.129. The van der Waals surface area contributed by atoms with Crippen LogP contribution in [0.15, 0.2) is 29.8 Å². The molecule has 1 aliphatic rings. The van der Waals surface area contributed by atoms with Crippen LogP contribution in [0.3, 0.4) is 0 Å². The standard InChI is InChI=1S/C18H23N3O4S.ClH/c1-23-13-4-3-12(16(9-13)24-2)11-21(18-20-7-8-26-18)17(22)15-6-5-14(10-19)25-15;/h3-4,7-9,14-15H,5-6,10-11,19H2,1-2H3;1H/t14-,15+;/m1./s1. The van der Waals surface area contributed by atoms with Crippen molar-refractivity contribution < 1.29 is 19.0 Å². The summed E-state index contributed by atoms with van der Waals surface area (Å²) in [5.74, 6) is 1.25. The van der Waals surface area contributed by atoms with E-state index in [1.165, 1.54) is 11.3 Å². The molecule has 1 aromatic heterocycles. The molecule has 1 fully saturated rings. The van der Waals surface area contributed by atoms with E-state index in [1.807, 2.05) is 17.5 Å². The summed E-state index contributed by atoms with van der Waals surface area (Å²) in [6, 6.07) is 5.54. The van der Waals surface area contributed by atoms with Gasteiger partial charge >= 0.3 is 0 Å². The Labute approximate surface area is 168 Å². The Morgan fingerprint density at radius 3 is 2.78 bits per heavy atom. The van der Waals surface area contributed by atoms with E-state index in [0.29, 0.717) is 36.1 Å². The molecule has 0 spiro atoms. The summed E-state index contributed by atoms with van der Waals surface area (Å²) in [5.41, 5.74) is 6.53. The van der Waals surface area contributed by atoms with Crippen molar-refractivity contribution in [1.29, 1.82) is 0 Å². The number of ether oxygens (including phenoxy) is 3. The second-order valence-electron chi connectivity index (χ2n) is 5.98. The highest BCUT2D eigenvalue weighted by Crippen LogP contribution is 2.30. The van der Waals surface area contributed by atoms with Gasteiger partial charge in [-0.3, -0.25) is 9.69 Å². The zero-order valence-electron chi connectivity index (χ0n) is 15.3. The number of hydrogen-bond acceptors (Lipinski definition) is 7. The summed E-state index contributed by atoms with van der Waals surface area (Å²) >= 11 is 1.41. The van der Waals surface area contributed by atoms with Crippen LogP contribution in [-0.2, 0) is 16.1 Å². The molecule has 2 heterocycles. The van der Waals surface area contributed by atoms with Crippen LogP contribution >= 0.6 is 23.7 Å². The van der Waals surface area contributed by atoms with Gasteiger partial charge in [-0.1, -0.05) is 0 Å². The number of thiazole rings is 1. The van der Waals surface area contributed by atoms with E-state index in [1.54, 1.807) is 31.4 Å². The predicted molar refractivity (Wildman–Crippen MR) is 107 cm³/mol. The Morgan fingerprint density at radius 1 is 1.37 bits per heavy atom. The van der Waals surface area contributed by atoms with Gasteiger partial charge in [0.15, 0.2) is 5.13 Å². The van der Waals surface area contributed by atoms with E-state index in [-0.39, 0.29) is 24.4 Å². The molecule has 0 saturated carbocycles. The van der Waals surface area contributed by atoms with Crippen LogP contribution in [-0.4, -0.2) is 43.9 Å². The Balaban J connectivity index is 0.00000261. The molecule has 1 aromatic carbocycles. The van der Waals surface area contributed by atoms with Crippen molar-refractivity contribution in [3.05, 3.63) is 35.3 Å². The minimum absolute atomic E-state index is 0. The molecule has 2 aromatic rings. The lowest BCUT2D eigenvalue weighted by Gasteiger charge is -2.24. The molecular formula is C18H24ClN3O4S. The van der Waals surface area contributed by atoms with Gasteiger partial charge in [0.1, 0.15) is 17.6 Å². The van der Waals surface area contributed by atoms with E-state index in [9.17, 15) is 4.79 Å². The molecule has 0 aliphatic carbocycles. The number of carbonyl (C=O) groups excluding carboxylic acids is 1. The second kappa shape index (κ2) is 9.89. The maximum absolute atomic E-state index is 13.1. The first-order valence-electron chi connectivity index (χ1n) is 8.43. The molecule has 1 amide bonds. The van der Waals surface area contributed by atoms with Crippen LogP contribution in [0.25, 0.3) is 0 Å². The van der Waals surface area contributed by atoms with E-state index >= 15 is 0 Å². The molecule has 7 nitrogen and oxygen atoms in total. The Bertz CT molecular complexity index is 744. The van der Waals surface area contributed by atoms with E-state index in [0.717, 1.165) is 12.0 Å². The molecule has 1 saturated heterocycles. The first-order valence-corrected chi connectivity index (χ1v) is 9.31. The number of hydrogen-bond donors (Lipinski definition) is 1. The average Bonchev–Trinajstić information content (AvgIpc) is 3.37. The van der Waals surface area contributed by atoms with Crippen LogP contribution in [0.2, 0.25) is 0 Å². The lowest BCUT2D eigenvalue weighted by atomic mass is 10.1. The fraction of sp³-hybridized carbons (Fsp3) is 0.444. The summed E-state index contributed by atoms with van der Waals surface area (Å²) in [6.45, 7) is 0.764. The topological polar surface area (TPSA) is 86.9 Å².